The first-order chi connectivity index (χ1) is 6.64. The Morgan fingerprint density at radius 3 is 3.07 bits per heavy atom. The lowest BCUT2D eigenvalue weighted by molar-refractivity contribution is 0.0428. The third kappa shape index (κ3) is 1.34. The summed E-state index contributed by atoms with van der Waals surface area (Å²) in [7, 11) is 1.85. The topological polar surface area (TPSA) is 29.9 Å². The van der Waals surface area contributed by atoms with Crippen molar-refractivity contribution in [3.8, 4) is 0 Å². The number of alkyl halides is 1. The molecule has 0 amide bonds. The van der Waals surface area contributed by atoms with Crippen molar-refractivity contribution in [2.24, 2.45) is 13.0 Å². The molecule has 1 aliphatic rings. The van der Waals surface area contributed by atoms with E-state index in [1.165, 1.54) is 0 Å². The van der Waals surface area contributed by atoms with E-state index in [4.69, 9.17) is 0 Å². The normalized spacial score (nSPS) is 33.2. The molecule has 0 bridgehead atoms. The van der Waals surface area contributed by atoms with Gasteiger partial charge in [0, 0.05) is 38.3 Å². The standard InChI is InChI=1S/C10H16FN3/c1-8-7-12-4-3-10(8,11)9-13-5-6-14(9)2/h5-6,8,12H,3-4,7H2,1-2H3. The SMILES string of the molecule is CC1CNCCC1(F)c1nccn1C. The highest BCUT2D eigenvalue weighted by Gasteiger charge is 2.43. The second kappa shape index (κ2) is 3.35. The Kier molecular flexibility index (Phi) is 2.31. The molecule has 1 aromatic rings. The summed E-state index contributed by atoms with van der Waals surface area (Å²) < 4.78 is 16.4. The first-order valence-corrected chi connectivity index (χ1v) is 5.02. The van der Waals surface area contributed by atoms with Gasteiger partial charge in [-0.1, -0.05) is 6.92 Å². The molecule has 0 spiro atoms. The predicted octanol–water partition coefficient (Wildman–Crippen LogP) is 1.21. The fraction of sp³-hybridized carbons (Fsp3) is 0.700. The van der Waals surface area contributed by atoms with Crippen LogP contribution in [0.5, 0.6) is 0 Å². The van der Waals surface area contributed by atoms with Crippen LogP contribution in [0.2, 0.25) is 0 Å². The van der Waals surface area contributed by atoms with Gasteiger partial charge in [-0.05, 0) is 6.54 Å². The Bertz CT molecular complexity index is 323. The summed E-state index contributed by atoms with van der Waals surface area (Å²) >= 11 is 0. The van der Waals surface area contributed by atoms with E-state index in [0.717, 1.165) is 13.1 Å². The van der Waals surface area contributed by atoms with Crippen molar-refractivity contribution in [1.29, 1.82) is 0 Å². The van der Waals surface area contributed by atoms with Crippen LogP contribution in [-0.4, -0.2) is 22.6 Å². The molecule has 78 valence electrons. The van der Waals surface area contributed by atoms with Crippen molar-refractivity contribution in [2.75, 3.05) is 13.1 Å². The van der Waals surface area contributed by atoms with Crippen LogP contribution in [0.15, 0.2) is 12.4 Å². The monoisotopic (exact) mass is 197 g/mol. The zero-order chi connectivity index (χ0) is 10.2. The van der Waals surface area contributed by atoms with Crippen molar-refractivity contribution >= 4 is 0 Å². The molecule has 1 fully saturated rings. The van der Waals surface area contributed by atoms with Gasteiger partial charge in [-0.2, -0.15) is 0 Å². The Morgan fingerprint density at radius 1 is 1.71 bits per heavy atom. The number of aryl methyl sites for hydroxylation is 1. The van der Waals surface area contributed by atoms with Gasteiger partial charge in [0.1, 0.15) is 5.82 Å². The van der Waals surface area contributed by atoms with Gasteiger partial charge in [0.25, 0.3) is 0 Å². The van der Waals surface area contributed by atoms with Crippen molar-refractivity contribution in [2.45, 2.75) is 19.0 Å². The van der Waals surface area contributed by atoms with Crippen LogP contribution in [0.4, 0.5) is 4.39 Å². The molecule has 2 rings (SSSR count). The number of hydrogen-bond donors (Lipinski definition) is 1. The minimum absolute atomic E-state index is 0.0163. The van der Waals surface area contributed by atoms with Crippen LogP contribution < -0.4 is 5.32 Å². The van der Waals surface area contributed by atoms with Crippen LogP contribution in [-0.2, 0) is 12.7 Å². The van der Waals surface area contributed by atoms with Gasteiger partial charge in [-0.15, -0.1) is 0 Å². The summed E-state index contributed by atoms with van der Waals surface area (Å²) in [6.45, 7) is 3.39. The van der Waals surface area contributed by atoms with E-state index < -0.39 is 5.67 Å². The molecular weight excluding hydrogens is 181 g/mol. The lowest BCUT2D eigenvalue weighted by Crippen LogP contribution is -2.45. The van der Waals surface area contributed by atoms with Crippen molar-refractivity contribution in [1.82, 2.24) is 14.9 Å². The molecule has 0 radical (unpaired) electrons. The lowest BCUT2D eigenvalue weighted by Gasteiger charge is -2.35. The number of halogens is 1. The van der Waals surface area contributed by atoms with Gasteiger partial charge in [0.15, 0.2) is 5.67 Å². The minimum Gasteiger partial charge on any atom is -0.335 e. The Balaban J connectivity index is 2.34. The van der Waals surface area contributed by atoms with Crippen LogP contribution in [0, 0.1) is 5.92 Å². The quantitative estimate of drug-likeness (QED) is 0.733. The average Bonchev–Trinajstić information content (AvgIpc) is 2.57. The number of piperidine rings is 1. The van der Waals surface area contributed by atoms with Gasteiger partial charge in [-0.25, -0.2) is 9.37 Å². The molecule has 0 saturated carbocycles. The van der Waals surface area contributed by atoms with E-state index in [0.29, 0.717) is 12.2 Å². The molecular formula is C10H16FN3. The largest absolute Gasteiger partial charge is 0.335 e. The second-order valence-corrected chi connectivity index (χ2v) is 4.08. The molecule has 0 aliphatic carbocycles. The van der Waals surface area contributed by atoms with Crippen molar-refractivity contribution in [3.05, 3.63) is 18.2 Å². The zero-order valence-electron chi connectivity index (χ0n) is 8.63. The number of aromatic nitrogens is 2. The average molecular weight is 197 g/mol. The van der Waals surface area contributed by atoms with Gasteiger partial charge in [0.2, 0.25) is 0 Å². The summed E-state index contributed by atoms with van der Waals surface area (Å²) in [5.74, 6) is 0.545. The van der Waals surface area contributed by atoms with E-state index in [-0.39, 0.29) is 5.92 Å². The molecule has 1 N–H and O–H groups in total. The molecule has 4 heteroatoms. The summed E-state index contributed by atoms with van der Waals surface area (Å²) in [6.07, 6.45) is 3.97. The molecule has 1 saturated heterocycles. The third-order valence-electron chi connectivity index (χ3n) is 3.09. The van der Waals surface area contributed by atoms with E-state index in [1.54, 1.807) is 17.0 Å². The van der Waals surface area contributed by atoms with Gasteiger partial charge in [-0.3, -0.25) is 0 Å². The highest BCUT2D eigenvalue weighted by molar-refractivity contribution is 5.08. The highest BCUT2D eigenvalue weighted by atomic mass is 19.1. The molecule has 3 nitrogen and oxygen atoms in total. The number of rotatable bonds is 1. The maximum absolute atomic E-state index is 14.7. The summed E-state index contributed by atoms with van der Waals surface area (Å²) in [5, 5.41) is 3.19. The molecule has 2 heterocycles. The summed E-state index contributed by atoms with van der Waals surface area (Å²) in [4.78, 5) is 4.12. The first kappa shape index (κ1) is 9.65. The fourth-order valence-electron chi connectivity index (χ4n) is 2.10. The van der Waals surface area contributed by atoms with Crippen LogP contribution in [0.25, 0.3) is 0 Å². The minimum atomic E-state index is -1.26. The molecule has 2 atom stereocenters. The van der Waals surface area contributed by atoms with Crippen molar-refractivity contribution in [3.63, 3.8) is 0 Å². The number of nitrogens with zero attached hydrogens (tertiary/aromatic N) is 2. The molecule has 1 aliphatic heterocycles. The van der Waals surface area contributed by atoms with Crippen LogP contribution >= 0.6 is 0 Å². The fourth-order valence-corrected chi connectivity index (χ4v) is 2.10. The van der Waals surface area contributed by atoms with E-state index >= 15 is 0 Å². The third-order valence-corrected chi connectivity index (χ3v) is 3.09. The van der Waals surface area contributed by atoms with E-state index in [1.807, 2.05) is 14.0 Å². The van der Waals surface area contributed by atoms with Crippen molar-refractivity contribution < 1.29 is 4.39 Å². The highest BCUT2D eigenvalue weighted by Crippen LogP contribution is 2.37. The van der Waals surface area contributed by atoms with Gasteiger partial charge >= 0.3 is 0 Å². The molecule has 14 heavy (non-hydrogen) atoms. The summed E-state index contributed by atoms with van der Waals surface area (Å²) in [5.41, 5.74) is -1.26. The zero-order valence-corrected chi connectivity index (χ0v) is 8.63. The number of nitrogens with one attached hydrogen (secondary N) is 1. The maximum atomic E-state index is 14.7. The summed E-state index contributed by atoms with van der Waals surface area (Å²) in [6, 6.07) is 0. The van der Waals surface area contributed by atoms with E-state index in [2.05, 4.69) is 10.3 Å². The maximum Gasteiger partial charge on any atom is 0.173 e. The van der Waals surface area contributed by atoms with Crippen LogP contribution in [0.3, 0.4) is 0 Å². The molecule has 1 aromatic heterocycles. The first-order valence-electron chi connectivity index (χ1n) is 5.02. The lowest BCUT2D eigenvalue weighted by atomic mass is 9.84. The number of hydrogen-bond acceptors (Lipinski definition) is 2. The Morgan fingerprint density at radius 2 is 2.50 bits per heavy atom. The van der Waals surface area contributed by atoms with E-state index in [9.17, 15) is 4.39 Å². The van der Waals surface area contributed by atoms with Gasteiger partial charge in [0.05, 0.1) is 0 Å². The Hall–Kier alpha value is -0.900. The smallest absolute Gasteiger partial charge is 0.173 e. The molecule has 2 unspecified atom stereocenters. The predicted molar refractivity (Wildman–Crippen MR) is 52.6 cm³/mol. The Labute approximate surface area is 83.3 Å². The van der Waals surface area contributed by atoms with Gasteiger partial charge < -0.3 is 9.88 Å². The second-order valence-electron chi connectivity index (χ2n) is 4.08. The molecule has 0 aromatic carbocycles. The number of imidazole rings is 1. The van der Waals surface area contributed by atoms with Crippen LogP contribution in [0.1, 0.15) is 19.2 Å².